The third-order valence-electron chi connectivity index (χ3n) is 1.47. The molecule has 9 heavy (non-hydrogen) atoms. The van der Waals surface area contributed by atoms with E-state index in [9.17, 15) is 0 Å². The van der Waals surface area contributed by atoms with Gasteiger partial charge >= 0.3 is 0 Å². The zero-order chi connectivity index (χ0) is 6.69. The number of hydrogen-bond acceptors (Lipinski definition) is 2. The van der Waals surface area contributed by atoms with Gasteiger partial charge in [-0.3, -0.25) is 0 Å². The quantitative estimate of drug-likeness (QED) is 0.527. The number of hydrogen-bond donors (Lipinski definition) is 1. The van der Waals surface area contributed by atoms with Crippen LogP contribution in [0.15, 0.2) is 11.6 Å². The van der Waals surface area contributed by atoms with Crippen LogP contribution < -0.4 is 0 Å². The molecular weight excluding hydrogens is 116 g/mol. The lowest BCUT2D eigenvalue weighted by Gasteiger charge is -2.15. The Bertz CT molecular complexity index is 116. The molecule has 1 atom stereocenters. The summed E-state index contributed by atoms with van der Waals surface area (Å²) < 4.78 is 5.12. The van der Waals surface area contributed by atoms with Gasteiger partial charge in [0.25, 0.3) is 0 Å². The largest absolute Gasteiger partial charge is 0.389 e. The van der Waals surface area contributed by atoms with E-state index in [0.717, 1.165) is 18.6 Å². The summed E-state index contributed by atoms with van der Waals surface area (Å²) in [6.45, 7) is 3.18. The van der Waals surface area contributed by atoms with Crippen molar-refractivity contribution in [1.29, 1.82) is 0 Å². The Labute approximate surface area is 55.1 Å². The maximum Gasteiger partial charge on any atom is 0.0744 e. The minimum atomic E-state index is -0.328. The van der Waals surface area contributed by atoms with E-state index >= 15 is 0 Å². The molecule has 0 aliphatic carbocycles. The highest BCUT2D eigenvalue weighted by atomic mass is 16.5. The SMILES string of the molecule is CC(O)C1=CCCOC1. The highest BCUT2D eigenvalue weighted by Crippen LogP contribution is 2.08. The summed E-state index contributed by atoms with van der Waals surface area (Å²) in [5.74, 6) is 0. The molecule has 0 amide bonds. The van der Waals surface area contributed by atoms with Crippen LogP contribution in [0.1, 0.15) is 13.3 Å². The van der Waals surface area contributed by atoms with Crippen LogP contribution in [-0.4, -0.2) is 24.4 Å². The molecule has 2 heteroatoms. The standard InChI is InChI=1S/C7H12O2/c1-6(8)7-3-2-4-9-5-7/h3,6,8H,2,4-5H2,1H3. The van der Waals surface area contributed by atoms with Crippen molar-refractivity contribution in [3.8, 4) is 0 Å². The van der Waals surface area contributed by atoms with Gasteiger partial charge in [0.15, 0.2) is 0 Å². The van der Waals surface area contributed by atoms with Crippen LogP contribution in [0.4, 0.5) is 0 Å². The summed E-state index contributed by atoms with van der Waals surface area (Å²) in [6.07, 6.45) is 2.67. The minimum absolute atomic E-state index is 0.328. The molecule has 0 saturated carbocycles. The first-order valence-electron chi connectivity index (χ1n) is 3.25. The van der Waals surface area contributed by atoms with Gasteiger partial charge in [0, 0.05) is 0 Å². The van der Waals surface area contributed by atoms with E-state index in [1.807, 2.05) is 6.08 Å². The van der Waals surface area contributed by atoms with Crippen molar-refractivity contribution in [1.82, 2.24) is 0 Å². The van der Waals surface area contributed by atoms with Gasteiger partial charge in [-0.25, -0.2) is 0 Å². The Morgan fingerprint density at radius 1 is 1.78 bits per heavy atom. The van der Waals surface area contributed by atoms with Gasteiger partial charge in [0.1, 0.15) is 0 Å². The van der Waals surface area contributed by atoms with E-state index in [1.54, 1.807) is 6.92 Å². The molecule has 1 N–H and O–H groups in total. The molecule has 1 unspecified atom stereocenters. The fraction of sp³-hybridized carbons (Fsp3) is 0.714. The Morgan fingerprint density at radius 3 is 2.89 bits per heavy atom. The first kappa shape index (κ1) is 6.78. The lowest BCUT2D eigenvalue weighted by Crippen LogP contribution is -2.15. The van der Waals surface area contributed by atoms with Gasteiger partial charge in [-0.05, 0) is 18.9 Å². The second kappa shape index (κ2) is 2.99. The van der Waals surface area contributed by atoms with Crippen molar-refractivity contribution in [3.63, 3.8) is 0 Å². The van der Waals surface area contributed by atoms with Crippen molar-refractivity contribution in [2.24, 2.45) is 0 Å². The van der Waals surface area contributed by atoms with Crippen LogP contribution >= 0.6 is 0 Å². The minimum Gasteiger partial charge on any atom is -0.389 e. The van der Waals surface area contributed by atoms with Crippen LogP contribution in [0.3, 0.4) is 0 Å². The van der Waals surface area contributed by atoms with Crippen molar-refractivity contribution >= 4 is 0 Å². The zero-order valence-corrected chi connectivity index (χ0v) is 5.63. The molecule has 0 fully saturated rings. The first-order valence-corrected chi connectivity index (χ1v) is 3.25. The first-order chi connectivity index (χ1) is 4.30. The lowest BCUT2D eigenvalue weighted by molar-refractivity contribution is 0.122. The van der Waals surface area contributed by atoms with Gasteiger partial charge < -0.3 is 9.84 Å². The average Bonchev–Trinajstić information content (AvgIpc) is 1.90. The van der Waals surface area contributed by atoms with Crippen molar-refractivity contribution in [2.75, 3.05) is 13.2 Å². The summed E-state index contributed by atoms with van der Waals surface area (Å²) in [5, 5.41) is 9.03. The molecule has 0 saturated heterocycles. The Hall–Kier alpha value is -0.340. The summed E-state index contributed by atoms with van der Waals surface area (Å²) >= 11 is 0. The van der Waals surface area contributed by atoms with Crippen LogP contribution in [0, 0.1) is 0 Å². The highest BCUT2D eigenvalue weighted by molar-refractivity contribution is 5.08. The number of aliphatic hydroxyl groups excluding tert-OH is 1. The normalized spacial score (nSPS) is 23.1. The maximum atomic E-state index is 9.03. The van der Waals surface area contributed by atoms with Crippen molar-refractivity contribution in [3.05, 3.63) is 11.6 Å². The number of aliphatic hydroxyl groups is 1. The van der Waals surface area contributed by atoms with Gasteiger partial charge in [-0.2, -0.15) is 0 Å². The topological polar surface area (TPSA) is 29.5 Å². The molecule has 0 aromatic carbocycles. The van der Waals surface area contributed by atoms with Crippen molar-refractivity contribution in [2.45, 2.75) is 19.4 Å². The van der Waals surface area contributed by atoms with Crippen LogP contribution in [-0.2, 0) is 4.74 Å². The lowest BCUT2D eigenvalue weighted by atomic mass is 10.1. The van der Waals surface area contributed by atoms with E-state index in [1.165, 1.54) is 0 Å². The molecule has 0 aromatic rings. The molecule has 2 nitrogen and oxygen atoms in total. The molecule has 1 heterocycles. The zero-order valence-electron chi connectivity index (χ0n) is 5.63. The van der Waals surface area contributed by atoms with E-state index in [2.05, 4.69) is 0 Å². The summed E-state index contributed by atoms with van der Waals surface area (Å²) in [5.41, 5.74) is 1.02. The van der Waals surface area contributed by atoms with Crippen molar-refractivity contribution < 1.29 is 9.84 Å². The van der Waals surface area contributed by atoms with E-state index in [-0.39, 0.29) is 6.10 Å². The smallest absolute Gasteiger partial charge is 0.0744 e. The van der Waals surface area contributed by atoms with Crippen LogP contribution in [0.2, 0.25) is 0 Å². The maximum absolute atomic E-state index is 9.03. The molecule has 1 aliphatic heterocycles. The Morgan fingerprint density at radius 2 is 2.56 bits per heavy atom. The fourth-order valence-corrected chi connectivity index (χ4v) is 0.868. The Balaban J connectivity index is 2.46. The van der Waals surface area contributed by atoms with E-state index < -0.39 is 0 Å². The molecular formula is C7H12O2. The summed E-state index contributed by atoms with van der Waals surface area (Å²) in [4.78, 5) is 0. The van der Waals surface area contributed by atoms with Crippen LogP contribution in [0.5, 0.6) is 0 Å². The van der Waals surface area contributed by atoms with Gasteiger partial charge in [0.2, 0.25) is 0 Å². The molecule has 0 bridgehead atoms. The highest BCUT2D eigenvalue weighted by Gasteiger charge is 2.07. The third-order valence-corrected chi connectivity index (χ3v) is 1.47. The van der Waals surface area contributed by atoms with Gasteiger partial charge in [-0.15, -0.1) is 0 Å². The van der Waals surface area contributed by atoms with E-state index in [4.69, 9.17) is 9.84 Å². The summed E-state index contributed by atoms with van der Waals surface area (Å²) in [6, 6.07) is 0. The summed E-state index contributed by atoms with van der Waals surface area (Å²) in [7, 11) is 0. The van der Waals surface area contributed by atoms with Crippen LogP contribution in [0.25, 0.3) is 0 Å². The van der Waals surface area contributed by atoms with E-state index in [0.29, 0.717) is 6.61 Å². The number of rotatable bonds is 1. The molecule has 52 valence electrons. The predicted molar refractivity (Wildman–Crippen MR) is 35.2 cm³/mol. The van der Waals surface area contributed by atoms with Gasteiger partial charge in [-0.1, -0.05) is 6.08 Å². The average molecular weight is 128 g/mol. The molecule has 1 rings (SSSR count). The Kier molecular flexibility index (Phi) is 2.25. The van der Waals surface area contributed by atoms with Gasteiger partial charge in [0.05, 0.1) is 19.3 Å². The molecule has 0 radical (unpaired) electrons. The predicted octanol–water partition coefficient (Wildman–Crippen LogP) is 0.714. The number of ether oxygens (including phenoxy) is 1. The molecule has 0 aromatic heterocycles. The molecule has 0 spiro atoms. The second-order valence-electron chi connectivity index (χ2n) is 2.30. The third kappa shape index (κ3) is 1.80. The second-order valence-corrected chi connectivity index (χ2v) is 2.30. The fourth-order valence-electron chi connectivity index (χ4n) is 0.868. The monoisotopic (exact) mass is 128 g/mol. The molecule has 1 aliphatic rings.